The van der Waals surface area contributed by atoms with Gasteiger partial charge < -0.3 is 20.1 Å². The van der Waals surface area contributed by atoms with Crippen molar-refractivity contribution in [2.45, 2.75) is 30.4 Å². The van der Waals surface area contributed by atoms with E-state index in [0.717, 1.165) is 4.90 Å². The van der Waals surface area contributed by atoms with Crippen molar-refractivity contribution in [3.8, 4) is 5.75 Å². The van der Waals surface area contributed by atoms with Gasteiger partial charge in [0.1, 0.15) is 5.75 Å². The number of hydrogen-bond donors (Lipinski definition) is 2. The standard InChI is InChI=1S/C27H28N2O5S/c1-3-24(26(31)29-20-15-13-19(14-16-20)27(32)33-4-2)35-23-12-8-9-21(17-23)28-25(30)18-34-22-10-6-5-7-11-22/h5-17,24H,3-4,18H2,1-2H3,(H,28,30)(H,29,31). The van der Waals surface area contributed by atoms with Crippen molar-refractivity contribution >= 4 is 40.9 Å². The second-order valence-electron chi connectivity index (χ2n) is 7.48. The minimum absolute atomic E-state index is 0.101. The molecule has 7 nitrogen and oxygen atoms in total. The van der Waals surface area contributed by atoms with Crippen LogP contribution in [-0.4, -0.2) is 36.2 Å². The molecule has 1 unspecified atom stereocenters. The van der Waals surface area contributed by atoms with Gasteiger partial charge in [0.25, 0.3) is 5.91 Å². The van der Waals surface area contributed by atoms with Crippen molar-refractivity contribution in [3.63, 3.8) is 0 Å². The van der Waals surface area contributed by atoms with Gasteiger partial charge in [0.05, 0.1) is 17.4 Å². The molecule has 0 bridgehead atoms. The molecule has 0 spiro atoms. The lowest BCUT2D eigenvalue weighted by Gasteiger charge is -2.16. The average Bonchev–Trinajstić information content (AvgIpc) is 2.87. The first kappa shape index (κ1) is 25.8. The van der Waals surface area contributed by atoms with E-state index in [1.54, 1.807) is 49.4 Å². The van der Waals surface area contributed by atoms with Gasteiger partial charge in [-0.05, 0) is 67.9 Å². The van der Waals surface area contributed by atoms with E-state index < -0.39 is 5.97 Å². The second-order valence-corrected chi connectivity index (χ2v) is 8.76. The Labute approximate surface area is 209 Å². The van der Waals surface area contributed by atoms with E-state index in [4.69, 9.17) is 9.47 Å². The minimum atomic E-state index is -0.397. The molecular formula is C27H28N2O5S. The number of rotatable bonds is 11. The fraction of sp³-hybridized carbons (Fsp3) is 0.222. The van der Waals surface area contributed by atoms with Crippen molar-refractivity contribution in [1.29, 1.82) is 0 Å². The lowest BCUT2D eigenvalue weighted by Crippen LogP contribution is -2.24. The molecule has 3 rings (SSSR count). The van der Waals surface area contributed by atoms with Crippen molar-refractivity contribution in [3.05, 3.63) is 84.4 Å². The third-order valence-corrected chi connectivity index (χ3v) is 6.19. The molecule has 0 aliphatic heterocycles. The summed E-state index contributed by atoms with van der Waals surface area (Å²) in [7, 11) is 0. The highest BCUT2D eigenvalue weighted by Gasteiger charge is 2.19. The number of ether oxygens (including phenoxy) is 2. The van der Waals surface area contributed by atoms with Gasteiger partial charge in [0.15, 0.2) is 6.61 Å². The summed E-state index contributed by atoms with van der Waals surface area (Å²) in [6, 6.07) is 23.1. The number of para-hydroxylation sites is 1. The summed E-state index contributed by atoms with van der Waals surface area (Å²) in [5.74, 6) is -0.190. The summed E-state index contributed by atoms with van der Waals surface area (Å²) in [4.78, 5) is 37.7. The quantitative estimate of drug-likeness (QED) is 0.275. The van der Waals surface area contributed by atoms with Gasteiger partial charge in [-0.3, -0.25) is 9.59 Å². The Kier molecular flexibility index (Phi) is 9.74. The number of amides is 2. The Hall–Kier alpha value is -3.78. The molecule has 0 heterocycles. The van der Waals surface area contributed by atoms with Crippen LogP contribution in [-0.2, 0) is 14.3 Å². The number of esters is 1. The molecule has 1 atom stereocenters. The Morgan fingerprint density at radius 2 is 1.60 bits per heavy atom. The average molecular weight is 493 g/mol. The number of thioether (sulfide) groups is 1. The van der Waals surface area contributed by atoms with Crippen molar-refractivity contribution < 1.29 is 23.9 Å². The van der Waals surface area contributed by atoms with Crippen LogP contribution in [0.15, 0.2) is 83.8 Å². The van der Waals surface area contributed by atoms with Crippen LogP contribution in [0.4, 0.5) is 11.4 Å². The molecule has 0 aliphatic carbocycles. The number of nitrogens with one attached hydrogen (secondary N) is 2. The van der Waals surface area contributed by atoms with Crippen LogP contribution < -0.4 is 15.4 Å². The Bertz CT molecular complexity index is 1140. The van der Waals surface area contributed by atoms with Crippen molar-refractivity contribution in [2.75, 3.05) is 23.8 Å². The SMILES string of the molecule is CCOC(=O)c1ccc(NC(=O)C(CC)Sc2cccc(NC(=O)COc3ccccc3)c2)cc1. The summed E-state index contributed by atoms with van der Waals surface area (Å²) >= 11 is 1.41. The van der Waals surface area contributed by atoms with E-state index in [1.165, 1.54) is 11.8 Å². The molecular weight excluding hydrogens is 464 g/mol. The highest BCUT2D eigenvalue weighted by atomic mass is 32.2. The van der Waals surface area contributed by atoms with Crippen LogP contribution >= 0.6 is 11.8 Å². The minimum Gasteiger partial charge on any atom is -0.484 e. The smallest absolute Gasteiger partial charge is 0.338 e. The molecule has 2 amide bonds. The third kappa shape index (κ3) is 8.19. The zero-order valence-electron chi connectivity index (χ0n) is 19.7. The van der Waals surface area contributed by atoms with E-state index in [1.807, 2.05) is 43.3 Å². The van der Waals surface area contributed by atoms with Gasteiger partial charge in [0, 0.05) is 16.3 Å². The Morgan fingerprint density at radius 1 is 0.857 bits per heavy atom. The van der Waals surface area contributed by atoms with Crippen LogP contribution in [0, 0.1) is 0 Å². The molecule has 0 fully saturated rings. The molecule has 3 aromatic carbocycles. The monoisotopic (exact) mass is 492 g/mol. The predicted octanol–water partition coefficient (Wildman–Crippen LogP) is 5.39. The lowest BCUT2D eigenvalue weighted by atomic mass is 10.2. The van der Waals surface area contributed by atoms with Gasteiger partial charge in [-0.15, -0.1) is 11.8 Å². The molecule has 0 aliphatic rings. The molecule has 3 aromatic rings. The molecule has 2 N–H and O–H groups in total. The number of anilines is 2. The fourth-order valence-electron chi connectivity index (χ4n) is 3.12. The van der Waals surface area contributed by atoms with Crippen LogP contribution in [0.3, 0.4) is 0 Å². The fourth-order valence-corrected chi connectivity index (χ4v) is 4.14. The molecule has 0 radical (unpaired) electrons. The molecule has 0 saturated carbocycles. The number of carbonyl (C=O) groups is 3. The van der Waals surface area contributed by atoms with E-state index in [-0.39, 0.29) is 23.7 Å². The molecule has 35 heavy (non-hydrogen) atoms. The Balaban J connectivity index is 1.55. The topological polar surface area (TPSA) is 93.7 Å². The van der Waals surface area contributed by atoms with Crippen LogP contribution in [0.5, 0.6) is 5.75 Å². The van der Waals surface area contributed by atoms with E-state index in [0.29, 0.717) is 35.7 Å². The third-order valence-electron chi connectivity index (χ3n) is 4.84. The van der Waals surface area contributed by atoms with Gasteiger partial charge >= 0.3 is 5.97 Å². The first-order chi connectivity index (χ1) is 17.0. The lowest BCUT2D eigenvalue weighted by molar-refractivity contribution is -0.118. The number of carbonyl (C=O) groups excluding carboxylic acids is 3. The summed E-state index contributed by atoms with van der Waals surface area (Å²) < 4.78 is 10.5. The van der Waals surface area contributed by atoms with Crippen LogP contribution in [0.1, 0.15) is 30.6 Å². The maximum Gasteiger partial charge on any atom is 0.338 e. The normalized spacial score (nSPS) is 11.3. The van der Waals surface area contributed by atoms with E-state index in [2.05, 4.69) is 10.6 Å². The Morgan fingerprint density at radius 3 is 2.29 bits per heavy atom. The van der Waals surface area contributed by atoms with Gasteiger partial charge in [-0.1, -0.05) is 31.2 Å². The first-order valence-corrected chi connectivity index (χ1v) is 12.2. The number of benzene rings is 3. The first-order valence-electron chi connectivity index (χ1n) is 11.3. The highest BCUT2D eigenvalue weighted by molar-refractivity contribution is 8.00. The van der Waals surface area contributed by atoms with Crippen LogP contribution in [0.25, 0.3) is 0 Å². The maximum absolute atomic E-state index is 12.8. The maximum atomic E-state index is 12.8. The summed E-state index contributed by atoms with van der Waals surface area (Å²) in [6.45, 7) is 3.89. The molecule has 0 saturated heterocycles. The zero-order valence-corrected chi connectivity index (χ0v) is 20.5. The molecule has 182 valence electrons. The second kappa shape index (κ2) is 13.2. The summed E-state index contributed by atoms with van der Waals surface area (Å²) in [6.07, 6.45) is 0.610. The summed E-state index contributed by atoms with van der Waals surface area (Å²) in [5, 5.41) is 5.37. The highest BCUT2D eigenvalue weighted by Crippen LogP contribution is 2.28. The van der Waals surface area contributed by atoms with Crippen LogP contribution in [0.2, 0.25) is 0 Å². The van der Waals surface area contributed by atoms with E-state index in [9.17, 15) is 14.4 Å². The predicted molar refractivity (Wildman–Crippen MR) is 138 cm³/mol. The molecule has 8 heteroatoms. The zero-order chi connectivity index (χ0) is 25.0. The number of hydrogen-bond acceptors (Lipinski definition) is 6. The van der Waals surface area contributed by atoms with Gasteiger partial charge in [-0.2, -0.15) is 0 Å². The van der Waals surface area contributed by atoms with Crippen molar-refractivity contribution in [2.24, 2.45) is 0 Å². The largest absolute Gasteiger partial charge is 0.484 e. The van der Waals surface area contributed by atoms with Crippen molar-refractivity contribution in [1.82, 2.24) is 0 Å². The van der Waals surface area contributed by atoms with E-state index >= 15 is 0 Å². The van der Waals surface area contributed by atoms with Gasteiger partial charge in [-0.25, -0.2) is 4.79 Å². The van der Waals surface area contributed by atoms with Gasteiger partial charge in [0.2, 0.25) is 5.91 Å². The summed E-state index contributed by atoms with van der Waals surface area (Å²) in [5.41, 5.74) is 1.65. The molecule has 0 aromatic heterocycles.